The van der Waals surface area contributed by atoms with E-state index in [1.54, 1.807) is 17.0 Å². The van der Waals surface area contributed by atoms with Gasteiger partial charge in [-0.1, -0.05) is 12.1 Å². The highest BCUT2D eigenvalue weighted by atomic mass is 32.2. The van der Waals surface area contributed by atoms with Crippen LogP contribution in [0.4, 0.5) is 11.4 Å². The van der Waals surface area contributed by atoms with Crippen molar-refractivity contribution in [2.24, 2.45) is 0 Å². The fraction of sp³-hybridized carbons (Fsp3) is 0.312. The highest BCUT2D eigenvalue weighted by Gasteiger charge is 2.36. The molecule has 0 saturated heterocycles. The summed E-state index contributed by atoms with van der Waals surface area (Å²) in [7, 11) is -3.29. The van der Waals surface area contributed by atoms with E-state index in [0.29, 0.717) is 17.1 Å². The van der Waals surface area contributed by atoms with E-state index in [1.165, 1.54) is 11.3 Å². The average molecular weight is 348 g/mol. The fourth-order valence-corrected chi connectivity index (χ4v) is 4.86. The number of amides is 1. The molecule has 1 aliphatic carbocycles. The maximum atomic E-state index is 12.6. The first-order chi connectivity index (χ1) is 11.0. The fourth-order valence-electron chi connectivity index (χ4n) is 2.81. The average Bonchev–Trinajstić information content (AvgIpc) is 3.10. The normalized spacial score (nSPS) is 17.1. The van der Waals surface area contributed by atoms with Crippen molar-refractivity contribution in [1.29, 1.82) is 0 Å². The van der Waals surface area contributed by atoms with Crippen molar-refractivity contribution in [2.45, 2.75) is 24.5 Å². The Kier molecular flexibility index (Phi) is 3.42. The van der Waals surface area contributed by atoms with E-state index < -0.39 is 10.0 Å². The predicted octanol–water partition coefficient (Wildman–Crippen LogP) is 2.86. The molecule has 1 N–H and O–H groups in total. The van der Waals surface area contributed by atoms with Gasteiger partial charge < -0.3 is 4.90 Å². The Morgan fingerprint density at radius 1 is 1.26 bits per heavy atom. The number of rotatable bonds is 4. The lowest BCUT2D eigenvalue weighted by molar-refractivity contribution is 0.0993. The summed E-state index contributed by atoms with van der Waals surface area (Å²) in [4.78, 5) is 15.0. The maximum absolute atomic E-state index is 12.6. The lowest BCUT2D eigenvalue weighted by atomic mass is 10.1. The molecule has 2 aromatic rings. The third kappa shape index (κ3) is 2.74. The first-order valence-corrected chi connectivity index (χ1v) is 9.97. The number of thiophene rings is 1. The Bertz CT molecular complexity index is 855. The minimum atomic E-state index is -3.29. The van der Waals surface area contributed by atoms with Crippen molar-refractivity contribution in [3.05, 3.63) is 46.2 Å². The van der Waals surface area contributed by atoms with Gasteiger partial charge in [-0.2, -0.15) is 0 Å². The van der Waals surface area contributed by atoms with Gasteiger partial charge in [-0.25, -0.2) is 8.42 Å². The molecule has 1 amide bonds. The first kappa shape index (κ1) is 14.7. The van der Waals surface area contributed by atoms with Crippen LogP contribution in [0.2, 0.25) is 0 Å². The number of hydrogen-bond acceptors (Lipinski definition) is 4. The molecule has 0 unspecified atom stereocenters. The van der Waals surface area contributed by atoms with Crippen molar-refractivity contribution in [2.75, 3.05) is 16.2 Å². The number of sulfonamides is 1. The molecule has 2 aliphatic rings. The van der Waals surface area contributed by atoms with Gasteiger partial charge in [0.05, 0.1) is 15.8 Å². The molecule has 1 fully saturated rings. The molecule has 23 heavy (non-hydrogen) atoms. The highest BCUT2D eigenvalue weighted by molar-refractivity contribution is 7.93. The zero-order chi connectivity index (χ0) is 16.0. The number of anilines is 2. The topological polar surface area (TPSA) is 66.5 Å². The van der Waals surface area contributed by atoms with Crippen LogP contribution >= 0.6 is 11.3 Å². The van der Waals surface area contributed by atoms with Crippen molar-refractivity contribution < 1.29 is 13.2 Å². The summed E-state index contributed by atoms with van der Waals surface area (Å²) >= 11 is 1.42. The van der Waals surface area contributed by atoms with Crippen LogP contribution in [-0.4, -0.2) is 26.1 Å². The van der Waals surface area contributed by atoms with E-state index >= 15 is 0 Å². The number of hydrogen-bond donors (Lipinski definition) is 1. The second-order valence-electron chi connectivity index (χ2n) is 5.87. The molecule has 0 radical (unpaired) electrons. The van der Waals surface area contributed by atoms with Crippen LogP contribution in [0.3, 0.4) is 0 Å². The van der Waals surface area contributed by atoms with Gasteiger partial charge in [-0.15, -0.1) is 11.3 Å². The van der Waals surface area contributed by atoms with Crippen LogP contribution in [0.15, 0.2) is 35.7 Å². The number of fused-ring (bicyclic) bond motifs is 1. The molecular formula is C16H16N2O3S2. The van der Waals surface area contributed by atoms with Gasteiger partial charge in [0.25, 0.3) is 5.91 Å². The van der Waals surface area contributed by atoms with E-state index in [1.807, 2.05) is 23.6 Å². The molecule has 1 aliphatic heterocycles. The molecule has 0 spiro atoms. The van der Waals surface area contributed by atoms with Gasteiger partial charge in [-0.05, 0) is 48.4 Å². The van der Waals surface area contributed by atoms with Gasteiger partial charge in [0.2, 0.25) is 10.0 Å². The SMILES string of the molecule is O=C(c1cccs1)N1CCc2ccc(NS(=O)(=O)C3CC3)cc21. The Balaban J connectivity index is 1.63. The molecule has 1 aromatic heterocycles. The second kappa shape index (κ2) is 5.35. The van der Waals surface area contributed by atoms with Crippen LogP contribution in [0.1, 0.15) is 28.1 Å². The highest BCUT2D eigenvalue weighted by Crippen LogP contribution is 2.34. The van der Waals surface area contributed by atoms with Crippen molar-refractivity contribution in [3.63, 3.8) is 0 Å². The quantitative estimate of drug-likeness (QED) is 0.924. The number of nitrogens with one attached hydrogen (secondary N) is 1. The molecule has 2 heterocycles. The van der Waals surface area contributed by atoms with Crippen LogP contribution in [0.25, 0.3) is 0 Å². The summed E-state index contributed by atoms with van der Waals surface area (Å²) in [5, 5.41) is 1.62. The van der Waals surface area contributed by atoms with Crippen LogP contribution in [0.5, 0.6) is 0 Å². The Hall–Kier alpha value is -1.86. The summed E-state index contributed by atoms with van der Waals surface area (Å²) in [5.41, 5.74) is 2.41. The zero-order valence-corrected chi connectivity index (χ0v) is 14.0. The van der Waals surface area contributed by atoms with Gasteiger partial charge in [0, 0.05) is 12.2 Å². The summed E-state index contributed by atoms with van der Waals surface area (Å²) in [5.74, 6) is -0.0269. The zero-order valence-electron chi connectivity index (χ0n) is 12.4. The number of carbonyl (C=O) groups excluding carboxylic acids is 1. The molecule has 4 rings (SSSR count). The van der Waals surface area contributed by atoms with E-state index in [0.717, 1.165) is 30.5 Å². The summed E-state index contributed by atoms with van der Waals surface area (Å²) in [6, 6.07) is 9.12. The van der Waals surface area contributed by atoms with Crippen LogP contribution in [-0.2, 0) is 16.4 Å². The van der Waals surface area contributed by atoms with Crippen molar-refractivity contribution >= 4 is 38.6 Å². The molecule has 0 atom stereocenters. The van der Waals surface area contributed by atoms with Crippen LogP contribution in [0, 0.1) is 0 Å². The third-order valence-corrected chi connectivity index (χ3v) is 6.91. The first-order valence-electron chi connectivity index (χ1n) is 7.54. The van der Waals surface area contributed by atoms with E-state index in [2.05, 4.69) is 4.72 Å². The molecule has 7 heteroatoms. The van der Waals surface area contributed by atoms with Crippen molar-refractivity contribution in [1.82, 2.24) is 0 Å². The monoisotopic (exact) mass is 348 g/mol. The molecule has 120 valence electrons. The molecule has 1 aromatic carbocycles. The van der Waals surface area contributed by atoms with Gasteiger partial charge in [-0.3, -0.25) is 9.52 Å². The second-order valence-corrected chi connectivity index (χ2v) is 8.78. The Morgan fingerprint density at radius 2 is 2.09 bits per heavy atom. The van der Waals surface area contributed by atoms with Crippen molar-refractivity contribution in [3.8, 4) is 0 Å². The Labute approximate surface area is 139 Å². The van der Waals surface area contributed by atoms with Crippen LogP contribution < -0.4 is 9.62 Å². The number of benzene rings is 1. The lowest BCUT2D eigenvalue weighted by Crippen LogP contribution is -2.28. The molecule has 0 bridgehead atoms. The lowest BCUT2D eigenvalue weighted by Gasteiger charge is -2.17. The molecule has 5 nitrogen and oxygen atoms in total. The maximum Gasteiger partial charge on any atom is 0.268 e. The van der Waals surface area contributed by atoms with E-state index in [9.17, 15) is 13.2 Å². The van der Waals surface area contributed by atoms with Gasteiger partial charge >= 0.3 is 0 Å². The molecular weight excluding hydrogens is 332 g/mol. The standard InChI is InChI=1S/C16H16N2O3S2/c19-16(15-2-1-9-22-15)18-8-7-11-3-4-12(10-14(11)18)17-23(20,21)13-5-6-13/h1-4,9-10,13,17H,5-8H2. The third-order valence-electron chi connectivity index (χ3n) is 4.18. The summed E-state index contributed by atoms with van der Waals surface area (Å²) < 4.78 is 26.8. The minimum absolute atomic E-state index is 0.0269. The van der Waals surface area contributed by atoms with Gasteiger partial charge in [0.1, 0.15) is 0 Å². The minimum Gasteiger partial charge on any atom is -0.307 e. The summed E-state index contributed by atoms with van der Waals surface area (Å²) in [6.07, 6.45) is 2.24. The Morgan fingerprint density at radius 3 is 2.78 bits per heavy atom. The number of carbonyl (C=O) groups is 1. The summed E-state index contributed by atoms with van der Waals surface area (Å²) in [6.45, 7) is 0.630. The molecule has 1 saturated carbocycles. The van der Waals surface area contributed by atoms with E-state index in [4.69, 9.17) is 0 Å². The largest absolute Gasteiger partial charge is 0.307 e. The predicted molar refractivity (Wildman–Crippen MR) is 91.7 cm³/mol. The van der Waals surface area contributed by atoms with E-state index in [-0.39, 0.29) is 11.2 Å². The number of nitrogens with zero attached hydrogens (tertiary/aromatic N) is 1. The van der Waals surface area contributed by atoms with Gasteiger partial charge in [0.15, 0.2) is 0 Å². The smallest absolute Gasteiger partial charge is 0.268 e.